The van der Waals surface area contributed by atoms with E-state index >= 15 is 0 Å². The van der Waals surface area contributed by atoms with E-state index in [1.807, 2.05) is 0 Å². The van der Waals surface area contributed by atoms with Gasteiger partial charge >= 0.3 is 0 Å². The van der Waals surface area contributed by atoms with Crippen molar-refractivity contribution < 1.29 is 0 Å². The predicted octanol–water partition coefficient (Wildman–Crippen LogP) is 1.90. The first-order valence-corrected chi connectivity index (χ1v) is 3.49. The van der Waals surface area contributed by atoms with Crippen LogP contribution in [-0.4, -0.2) is 25.0 Å². The number of rotatable bonds is 4. The fourth-order valence-electron chi connectivity index (χ4n) is 0.875. The zero-order chi connectivity index (χ0) is 6.41. The van der Waals surface area contributed by atoms with E-state index in [0.717, 1.165) is 0 Å². The summed E-state index contributed by atoms with van der Waals surface area (Å²) in [6.45, 7) is 6.92. The van der Waals surface area contributed by atoms with Crippen molar-refractivity contribution in [1.82, 2.24) is 11.1 Å². The molecule has 0 radical (unpaired) electrons. The van der Waals surface area contributed by atoms with Crippen LogP contribution in [0.15, 0.2) is 0 Å². The van der Waals surface area contributed by atoms with Gasteiger partial charge in [0.1, 0.15) is 0 Å². The Hall–Kier alpha value is -0.0800. The van der Waals surface area contributed by atoms with Gasteiger partial charge in [-0.05, 0) is 33.0 Å². The first-order chi connectivity index (χ1) is 3.81. The van der Waals surface area contributed by atoms with Crippen LogP contribution in [0.4, 0.5) is 0 Å². The summed E-state index contributed by atoms with van der Waals surface area (Å²) in [4.78, 5) is 2.36. The SMILES string of the molecule is CCCN(C)CCC.N. The number of nitrogens with zero attached hydrogens (tertiary/aromatic N) is 1. The molecule has 0 aliphatic rings. The first kappa shape index (κ1) is 11.7. The van der Waals surface area contributed by atoms with E-state index in [1.165, 1.54) is 25.9 Å². The second-order valence-corrected chi connectivity index (χ2v) is 2.30. The molecule has 0 saturated heterocycles. The molecule has 9 heavy (non-hydrogen) atoms. The van der Waals surface area contributed by atoms with E-state index in [2.05, 4.69) is 25.8 Å². The number of hydrogen-bond acceptors (Lipinski definition) is 2. The topological polar surface area (TPSA) is 38.2 Å². The molecule has 0 aliphatic carbocycles. The summed E-state index contributed by atoms with van der Waals surface area (Å²) in [5.41, 5.74) is 0. The minimum atomic E-state index is 0. The predicted molar refractivity (Wildman–Crippen MR) is 43.1 cm³/mol. The van der Waals surface area contributed by atoms with E-state index in [9.17, 15) is 0 Å². The highest BCUT2D eigenvalue weighted by molar-refractivity contribution is 4.45. The summed E-state index contributed by atoms with van der Waals surface area (Å²) in [6.07, 6.45) is 2.55. The Kier molecular flexibility index (Phi) is 10.3. The average molecular weight is 132 g/mol. The van der Waals surface area contributed by atoms with Gasteiger partial charge in [0, 0.05) is 0 Å². The van der Waals surface area contributed by atoms with Gasteiger partial charge in [-0.3, -0.25) is 0 Å². The zero-order valence-corrected chi connectivity index (χ0v) is 6.98. The van der Waals surface area contributed by atoms with Crippen molar-refractivity contribution in [3.05, 3.63) is 0 Å². The van der Waals surface area contributed by atoms with Gasteiger partial charge in [-0.1, -0.05) is 13.8 Å². The van der Waals surface area contributed by atoms with Gasteiger partial charge in [0.25, 0.3) is 0 Å². The lowest BCUT2D eigenvalue weighted by atomic mass is 10.4. The van der Waals surface area contributed by atoms with E-state index < -0.39 is 0 Å². The summed E-state index contributed by atoms with van der Waals surface area (Å²) >= 11 is 0. The summed E-state index contributed by atoms with van der Waals surface area (Å²) in [7, 11) is 2.17. The highest BCUT2D eigenvalue weighted by Crippen LogP contribution is 1.86. The summed E-state index contributed by atoms with van der Waals surface area (Å²) < 4.78 is 0. The lowest BCUT2D eigenvalue weighted by molar-refractivity contribution is 0.335. The fraction of sp³-hybridized carbons (Fsp3) is 1.00. The molecule has 0 aromatic carbocycles. The van der Waals surface area contributed by atoms with Gasteiger partial charge in [0.2, 0.25) is 0 Å². The third-order valence-electron chi connectivity index (χ3n) is 1.21. The third kappa shape index (κ3) is 7.92. The molecular weight excluding hydrogens is 112 g/mol. The Morgan fingerprint density at radius 2 is 1.33 bits per heavy atom. The van der Waals surface area contributed by atoms with Gasteiger partial charge < -0.3 is 11.1 Å². The molecule has 0 heterocycles. The van der Waals surface area contributed by atoms with Crippen molar-refractivity contribution in [3.8, 4) is 0 Å². The zero-order valence-electron chi connectivity index (χ0n) is 6.98. The van der Waals surface area contributed by atoms with E-state index in [4.69, 9.17) is 0 Å². The van der Waals surface area contributed by atoms with Crippen LogP contribution in [0.3, 0.4) is 0 Å². The second-order valence-electron chi connectivity index (χ2n) is 2.30. The van der Waals surface area contributed by atoms with Crippen LogP contribution >= 0.6 is 0 Å². The molecule has 0 bridgehead atoms. The van der Waals surface area contributed by atoms with Crippen LogP contribution in [-0.2, 0) is 0 Å². The van der Waals surface area contributed by atoms with Gasteiger partial charge in [-0.15, -0.1) is 0 Å². The standard InChI is InChI=1S/C7H17N.H3N/c1-4-6-8(3)7-5-2;/h4-7H2,1-3H3;1H3. The minimum absolute atomic E-state index is 0. The lowest BCUT2D eigenvalue weighted by Crippen LogP contribution is -2.19. The Bertz CT molecular complexity index is 40.2. The fourth-order valence-corrected chi connectivity index (χ4v) is 0.875. The maximum absolute atomic E-state index is 2.36. The van der Waals surface area contributed by atoms with Crippen LogP contribution < -0.4 is 6.15 Å². The molecule has 2 nitrogen and oxygen atoms in total. The van der Waals surface area contributed by atoms with Gasteiger partial charge in [-0.2, -0.15) is 0 Å². The van der Waals surface area contributed by atoms with E-state index in [-0.39, 0.29) is 6.15 Å². The molecule has 0 aromatic rings. The molecule has 0 rings (SSSR count). The molecule has 0 atom stereocenters. The maximum Gasteiger partial charge on any atom is -0.00244 e. The molecular formula is C7H20N2. The monoisotopic (exact) mass is 132 g/mol. The molecule has 0 fully saturated rings. The summed E-state index contributed by atoms with van der Waals surface area (Å²) in [5, 5.41) is 0. The Balaban J connectivity index is 0. The summed E-state index contributed by atoms with van der Waals surface area (Å²) in [5.74, 6) is 0. The van der Waals surface area contributed by atoms with Gasteiger partial charge in [-0.25, -0.2) is 0 Å². The number of hydrogen-bond donors (Lipinski definition) is 1. The molecule has 0 amide bonds. The van der Waals surface area contributed by atoms with Crippen LogP contribution in [0.25, 0.3) is 0 Å². The Morgan fingerprint density at radius 1 is 1.00 bits per heavy atom. The van der Waals surface area contributed by atoms with Gasteiger partial charge in [0.05, 0.1) is 0 Å². The molecule has 0 aliphatic heterocycles. The third-order valence-corrected chi connectivity index (χ3v) is 1.21. The molecule has 3 N–H and O–H groups in total. The van der Waals surface area contributed by atoms with Crippen LogP contribution in [0, 0.1) is 0 Å². The van der Waals surface area contributed by atoms with Crippen LogP contribution in [0.1, 0.15) is 26.7 Å². The van der Waals surface area contributed by atoms with Crippen molar-refractivity contribution in [2.45, 2.75) is 26.7 Å². The molecule has 0 saturated carbocycles. The lowest BCUT2D eigenvalue weighted by Gasteiger charge is -2.12. The van der Waals surface area contributed by atoms with Crippen molar-refractivity contribution in [1.29, 1.82) is 0 Å². The van der Waals surface area contributed by atoms with Crippen molar-refractivity contribution in [2.24, 2.45) is 0 Å². The molecule has 0 unspecified atom stereocenters. The molecule has 0 aromatic heterocycles. The normalized spacial score (nSPS) is 9.33. The smallest absolute Gasteiger partial charge is 0.00244 e. The first-order valence-electron chi connectivity index (χ1n) is 3.49. The van der Waals surface area contributed by atoms with Crippen LogP contribution in [0.2, 0.25) is 0 Å². The van der Waals surface area contributed by atoms with Crippen molar-refractivity contribution in [2.75, 3.05) is 20.1 Å². The Labute approximate surface area is 58.8 Å². The largest absolute Gasteiger partial charge is 0.344 e. The quantitative estimate of drug-likeness (QED) is 0.634. The van der Waals surface area contributed by atoms with E-state index in [0.29, 0.717) is 0 Å². The van der Waals surface area contributed by atoms with Gasteiger partial charge in [0.15, 0.2) is 0 Å². The maximum atomic E-state index is 2.36. The highest BCUT2D eigenvalue weighted by atomic mass is 15.1. The van der Waals surface area contributed by atoms with E-state index in [1.54, 1.807) is 0 Å². The second kappa shape index (κ2) is 7.92. The minimum Gasteiger partial charge on any atom is -0.344 e. The molecule has 2 heteroatoms. The van der Waals surface area contributed by atoms with Crippen molar-refractivity contribution >= 4 is 0 Å². The highest BCUT2D eigenvalue weighted by Gasteiger charge is 1.90. The molecule has 58 valence electrons. The summed E-state index contributed by atoms with van der Waals surface area (Å²) in [6, 6.07) is 0. The average Bonchev–Trinajstić information content (AvgIpc) is 1.68. The Morgan fingerprint density at radius 3 is 1.56 bits per heavy atom. The molecule has 0 spiro atoms. The van der Waals surface area contributed by atoms with Crippen molar-refractivity contribution in [3.63, 3.8) is 0 Å². The van der Waals surface area contributed by atoms with Crippen LogP contribution in [0.5, 0.6) is 0 Å².